The topological polar surface area (TPSA) is 28.1 Å². The molecule has 0 spiro atoms. The summed E-state index contributed by atoms with van der Waals surface area (Å²) in [7, 11) is 0. The summed E-state index contributed by atoms with van der Waals surface area (Å²) >= 11 is 2.82. The highest BCUT2D eigenvalue weighted by atomic mass is 79.9. The quantitative estimate of drug-likeness (QED) is 0.617. The first-order valence-corrected chi connectivity index (χ1v) is 3.44. The van der Waals surface area contributed by atoms with E-state index < -0.39 is 11.6 Å². The zero-order chi connectivity index (χ0) is 8.43. The number of hydrogen-bond donors (Lipinski definition) is 0. The predicted molar refractivity (Wildman–Crippen MR) is 38.8 cm³/mol. The van der Waals surface area contributed by atoms with E-state index in [1.165, 1.54) is 0 Å². The molecule has 1 aromatic carbocycles. The van der Waals surface area contributed by atoms with Crippen LogP contribution in [0.1, 0.15) is 0 Å². The van der Waals surface area contributed by atoms with Crippen molar-refractivity contribution in [1.29, 1.82) is 5.39 Å². The average molecular weight is 220 g/mol. The third-order valence-corrected chi connectivity index (χ3v) is 1.69. The van der Waals surface area contributed by atoms with Gasteiger partial charge in [0.25, 0.3) is 0 Å². The van der Waals surface area contributed by atoms with Crippen LogP contribution in [0.15, 0.2) is 16.6 Å². The number of nitrogens with zero attached hydrogens (tertiary/aromatic N) is 2. The smallest absolute Gasteiger partial charge is 0.207 e. The first kappa shape index (κ1) is 8.08. The summed E-state index contributed by atoms with van der Waals surface area (Å²) in [6, 6.07) is 1.65. The average Bonchev–Trinajstić information content (AvgIpc) is 1.85. The zero-order valence-corrected chi connectivity index (χ0v) is 6.77. The molecule has 2 nitrogen and oxygen atoms in total. The maximum atomic E-state index is 12.6. The second-order valence-electron chi connectivity index (χ2n) is 1.82. The molecule has 0 atom stereocenters. The number of benzene rings is 1. The van der Waals surface area contributed by atoms with Crippen LogP contribution in [0.2, 0.25) is 0 Å². The third kappa shape index (κ3) is 1.52. The molecule has 1 rings (SSSR count). The molecule has 0 aliphatic heterocycles. The van der Waals surface area contributed by atoms with Crippen molar-refractivity contribution in [2.75, 3.05) is 0 Å². The van der Waals surface area contributed by atoms with Crippen molar-refractivity contribution in [2.24, 2.45) is 0 Å². The molecule has 0 aromatic heterocycles. The van der Waals surface area contributed by atoms with Gasteiger partial charge in [-0.25, -0.2) is 4.39 Å². The van der Waals surface area contributed by atoms with Crippen LogP contribution in [0.3, 0.4) is 0 Å². The molecule has 5 heteroatoms. The summed E-state index contributed by atoms with van der Waals surface area (Å²) in [4.78, 5) is 2.62. The van der Waals surface area contributed by atoms with Crippen LogP contribution in [0.4, 0.5) is 14.5 Å². The van der Waals surface area contributed by atoms with Crippen LogP contribution in [0.5, 0.6) is 0 Å². The number of hydrogen-bond acceptors (Lipinski definition) is 1. The standard InChI is InChI=1S/C6H2BrF2N2/c7-4-1-3(8)2-5(9)6(4)11-10/h1-2H/q+1. The lowest BCUT2D eigenvalue weighted by Gasteiger charge is -1.87. The molecule has 0 fully saturated rings. The molecule has 56 valence electrons. The van der Waals surface area contributed by atoms with Crippen molar-refractivity contribution in [3.8, 4) is 0 Å². The van der Waals surface area contributed by atoms with Gasteiger partial charge in [-0.15, -0.1) is 0 Å². The van der Waals surface area contributed by atoms with Gasteiger partial charge in [0.2, 0.25) is 11.2 Å². The molecule has 0 heterocycles. The van der Waals surface area contributed by atoms with Crippen molar-refractivity contribution in [3.63, 3.8) is 0 Å². The Morgan fingerprint density at radius 3 is 2.45 bits per heavy atom. The van der Waals surface area contributed by atoms with Crippen molar-refractivity contribution < 1.29 is 8.78 Å². The van der Waals surface area contributed by atoms with E-state index in [1.807, 2.05) is 0 Å². The Morgan fingerprint density at radius 1 is 1.36 bits per heavy atom. The van der Waals surface area contributed by atoms with Crippen molar-refractivity contribution in [2.45, 2.75) is 0 Å². The molecule has 0 saturated heterocycles. The summed E-state index contributed by atoms with van der Waals surface area (Å²) < 4.78 is 25.0. The van der Waals surface area contributed by atoms with Crippen molar-refractivity contribution >= 4 is 21.6 Å². The fraction of sp³-hybridized carbons (Fsp3) is 0. The molecule has 0 radical (unpaired) electrons. The highest BCUT2D eigenvalue weighted by Crippen LogP contribution is 2.29. The lowest BCUT2D eigenvalue weighted by Crippen LogP contribution is -1.79. The second kappa shape index (κ2) is 2.93. The maximum Gasteiger partial charge on any atom is 0.434 e. The lowest BCUT2D eigenvalue weighted by atomic mass is 10.3. The SMILES string of the molecule is N#[N+]c1c(F)cc(F)cc1Br. The molecule has 1 aromatic rings. The molecular weight excluding hydrogens is 218 g/mol. The van der Waals surface area contributed by atoms with Gasteiger partial charge in [-0.05, 0) is 22.0 Å². The Labute approximate surface area is 69.6 Å². The van der Waals surface area contributed by atoms with Crippen LogP contribution in [-0.4, -0.2) is 0 Å². The summed E-state index contributed by atoms with van der Waals surface area (Å²) in [5.41, 5.74) is -0.300. The van der Waals surface area contributed by atoms with Gasteiger partial charge in [0.1, 0.15) is 10.3 Å². The van der Waals surface area contributed by atoms with Crippen LogP contribution in [0.25, 0.3) is 4.98 Å². The summed E-state index contributed by atoms with van der Waals surface area (Å²) in [5.74, 6) is -1.62. The molecular formula is C6H2BrF2N2+. The van der Waals surface area contributed by atoms with Gasteiger partial charge in [0.15, 0.2) is 4.98 Å². The van der Waals surface area contributed by atoms with E-state index >= 15 is 0 Å². The van der Waals surface area contributed by atoms with Gasteiger partial charge >= 0.3 is 5.69 Å². The van der Waals surface area contributed by atoms with Crippen LogP contribution in [-0.2, 0) is 0 Å². The Bertz CT molecular complexity index is 309. The van der Waals surface area contributed by atoms with E-state index in [0.29, 0.717) is 6.07 Å². The van der Waals surface area contributed by atoms with Crippen molar-refractivity contribution in [3.05, 3.63) is 33.2 Å². The van der Waals surface area contributed by atoms with Crippen molar-refractivity contribution in [1.82, 2.24) is 0 Å². The van der Waals surface area contributed by atoms with Crippen LogP contribution < -0.4 is 0 Å². The van der Waals surface area contributed by atoms with Gasteiger partial charge in [-0.1, -0.05) is 0 Å². The van der Waals surface area contributed by atoms with Crippen LogP contribution >= 0.6 is 15.9 Å². The zero-order valence-electron chi connectivity index (χ0n) is 5.18. The van der Waals surface area contributed by atoms with E-state index in [4.69, 9.17) is 5.39 Å². The Morgan fingerprint density at radius 2 is 2.00 bits per heavy atom. The molecule has 0 N–H and O–H groups in total. The van der Waals surface area contributed by atoms with E-state index in [9.17, 15) is 8.78 Å². The first-order chi connectivity index (χ1) is 5.15. The minimum Gasteiger partial charge on any atom is -0.207 e. The summed E-state index contributed by atoms with van der Waals surface area (Å²) in [5, 5.41) is 8.22. The molecule has 0 aliphatic carbocycles. The monoisotopic (exact) mass is 219 g/mol. The Kier molecular flexibility index (Phi) is 2.15. The fourth-order valence-electron chi connectivity index (χ4n) is 0.630. The highest BCUT2D eigenvalue weighted by Gasteiger charge is 2.19. The molecule has 11 heavy (non-hydrogen) atoms. The Balaban J connectivity index is 3.40. The van der Waals surface area contributed by atoms with Gasteiger partial charge < -0.3 is 0 Å². The molecule has 0 saturated carbocycles. The summed E-state index contributed by atoms with van der Waals surface area (Å²) in [6.45, 7) is 0. The van der Waals surface area contributed by atoms with Gasteiger partial charge in [0, 0.05) is 6.07 Å². The van der Waals surface area contributed by atoms with Crippen LogP contribution in [0, 0.1) is 17.0 Å². The van der Waals surface area contributed by atoms with Gasteiger partial charge in [0.05, 0.1) is 0 Å². The van der Waals surface area contributed by atoms with E-state index in [2.05, 4.69) is 20.9 Å². The molecule has 0 amide bonds. The van der Waals surface area contributed by atoms with E-state index in [1.54, 1.807) is 0 Å². The largest absolute Gasteiger partial charge is 0.434 e. The van der Waals surface area contributed by atoms with E-state index in [0.717, 1.165) is 6.07 Å². The van der Waals surface area contributed by atoms with E-state index in [-0.39, 0.29) is 10.2 Å². The van der Waals surface area contributed by atoms with Gasteiger partial charge in [-0.3, -0.25) is 0 Å². The highest BCUT2D eigenvalue weighted by molar-refractivity contribution is 9.10. The third-order valence-electron chi connectivity index (χ3n) is 1.08. The maximum absolute atomic E-state index is 12.6. The first-order valence-electron chi connectivity index (χ1n) is 2.65. The number of diazo groups is 1. The Hall–Kier alpha value is -1.02. The minimum absolute atomic E-state index is 0.0810. The minimum atomic E-state index is -0.903. The number of rotatable bonds is 0. The fourth-order valence-corrected chi connectivity index (χ4v) is 1.12. The summed E-state index contributed by atoms with van der Waals surface area (Å²) in [6.07, 6.45) is 0. The normalized spacial score (nSPS) is 9.27. The van der Waals surface area contributed by atoms with Gasteiger partial charge in [-0.2, -0.15) is 4.39 Å². The predicted octanol–water partition coefficient (Wildman–Crippen LogP) is 3.21. The lowest BCUT2D eigenvalue weighted by molar-refractivity contribution is 0.585. The molecule has 0 aliphatic rings. The molecule has 0 unspecified atom stereocenters. The molecule has 0 bridgehead atoms. The number of halogens is 3. The second-order valence-corrected chi connectivity index (χ2v) is 2.67.